The van der Waals surface area contributed by atoms with E-state index >= 15 is 0 Å². The molecule has 70 heavy (non-hydrogen) atoms. The monoisotopic (exact) mass is 1000 g/mol. The Kier molecular flexibility index (Phi) is 13.1. The highest BCUT2D eigenvalue weighted by molar-refractivity contribution is 9.10. The molecule has 10 aromatic rings. The minimum Gasteiger partial charge on any atom is -0.406 e. The fraction of sp³-hybridized carbons (Fsp3) is 0.240. The Bertz CT molecular complexity index is 3580. The number of fused-ring (bicyclic) bond motifs is 2. The van der Waals surface area contributed by atoms with Gasteiger partial charge in [-0.15, -0.1) is 0 Å². The number of aromatic nitrogens is 12. The van der Waals surface area contributed by atoms with Gasteiger partial charge in [-0.05, 0) is 105 Å². The predicted molar refractivity (Wildman–Crippen MR) is 268 cm³/mol. The lowest BCUT2D eigenvalue weighted by Gasteiger charge is -2.32. The van der Waals surface area contributed by atoms with E-state index in [9.17, 15) is 9.59 Å². The molecule has 0 unspecified atom stereocenters. The standard InChI is InChI=1S/C22H18N6O2.C18H13BrN4O2.C10H17BN2O2/c1-14-6-7-19-21(26-14)28(22(29)30-19)12-15-4-3-5-16(8-15)20-23-9-17(10-24-20)18-11-25-27(2)13-18;1-11-5-6-15-17(22-11)23(18(24)25-15)10-12-3-2-4-13(7-12)16-20-8-14(19)9-21-16;1-9(2)10(3,4)15-11(14-9)8-6-12-13(5)7-8/h3-11,13H,12H2,1-2H3;2-9H,10H2,1H3;6-7H,1-5H3. The molecule has 0 radical (unpaired) electrons. The quantitative estimate of drug-likeness (QED) is 0.136. The second kappa shape index (κ2) is 19.4. The van der Waals surface area contributed by atoms with Crippen LogP contribution in [0.4, 0.5) is 0 Å². The number of halogens is 1. The Morgan fingerprint density at radius 3 is 1.50 bits per heavy atom. The van der Waals surface area contributed by atoms with Crippen molar-refractivity contribution < 1.29 is 18.1 Å². The highest BCUT2D eigenvalue weighted by Gasteiger charge is 2.52. The first kappa shape index (κ1) is 47.4. The zero-order chi connectivity index (χ0) is 49.3. The van der Waals surface area contributed by atoms with E-state index in [-0.39, 0.29) is 18.3 Å². The van der Waals surface area contributed by atoms with Crippen molar-refractivity contribution in [2.75, 3.05) is 0 Å². The van der Waals surface area contributed by atoms with E-state index in [1.165, 1.54) is 9.13 Å². The third-order valence-electron chi connectivity index (χ3n) is 11.9. The molecule has 9 heterocycles. The van der Waals surface area contributed by atoms with E-state index in [4.69, 9.17) is 18.1 Å². The molecule has 0 saturated carbocycles. The highest BCUT2D eigenvalue weighted by atomic mass is 79.9. The largest absolute Gasteiger partial charge is 0.498 e. The molecule has 0 atom stereocenters. The van der Waals surface area contributed by atoms with Crippen LogP contribution >= 0.6 is 15.9 Å². The molecule has 8 aromatic heterocycles. The number of hydrogen-bond donors (Lipinski definition) is 0. The summed E-state index contributed by atoms with van der Waals surface area (Å²) in [7, 11) is 3.45. The minimum atomic E-state index is -0.425. The zero-order valence-electron chi connectivity index (χ0n) is 39.7. The van der Waals surface area contributed by atoms with Gasteiger partial charge in [-0.2, -0.15) is 10.2 Å². The van der Waals surface area contributed by atoms with Gasteiger partial charge in [0.15, 0.2) is 34.1 Å². The Morgan fingerprint density at radius 1 is 0.571 bits per heavy atom. The van der Waals surface area contributed by atoms with Crippen LogP contribution in [0, 0.1) is 13.8 Å². The number of oxazole rings is 2. The number of rotatable bonds is 8. The van der Waals surface area contributed by atoms with Gasteiger partial charge in [0, 0.05) is 96.6 Å². The van der Waals surface area contributed by atoms with Gasteiger partial charge < -0.3 is 18.1 Å². The van der Waals surface area contributed by atoms with Crippen LogP contribution in [0.2, 0.25) is 0 Å². The van der Waals surface area contributed by atoms with Crippen molar-refractivity contribution >= 4 is 51.0 Å². The Balaban J connectivity index is 0.000000138. The zero-order valence-corrected chi connectivity index (χ0v) is 41.3. The summed E-state index contributed by atoms with van der Waals surface area (Å²) >= 11 is 3.33. The average Bonchev–Trinajstić information content (AvgIpc) is 4.15. The highest BCUT2D eigenvalue weighted by Crippen LogP contribution is 2.36. The molecule has 18 nitrogen and oxygen atoms in total. The second-order valence-electron chi connectivity index (χ2n) is 17.8. The maximum absolute atomic E-state index is 12.3. The molecule has 0 aliphatic carbocycles. The molecule has 0 amide bonds. The SMILES string of the molecule is Cc1ccc2oc(=O)n(Cc3cccc(-c4ncc(-c5cnn(C)c5)cn4)c3)c2n1.Cc1ccc2oc(=O)n(Cc3cccc(-c4ncc(Br)cn4)c3)c2n1.Cn1cc(B2OC(C)(C)C(C)(C)O2)cn1. The van der Waals surface area contributed by atoms with Crippen LogP contribution in [0.15, 0.2) is 145 Å². The van der Waals surface area contributed by atoms with Gasteiger partial charge in [0.05, 0.1) is 35.0 Å². The van der Waals surface area contributed by atoms with Crippen molar-refractivity contribution in [2.45, 2.75) is 65.8 Å². The van der Waals surface area contributed by atoms with E-state index in [2.05, 4.69) is 56.0 Å². The van der Waals surface area contributed by atoms with Gasteiger partial charge in [0.1, 0.15) is 0 Å². The van der Waals surface area contributed by atoms with E-state index in [1.54, 1.807) is 58.7 Å². The summed E-state index contributed by atoms with van der Waals surface area (Å²) in [6, 6.07) is 22.7. The van der Waals surface area contributed by atoms with Gasteiger partial charge in [-0.3, -0.25) is 18.5 Å². The van der Waals surface area contributed by atoms with Gasteiger partial charge in [-0.1, -0.05) is 36.4 Å². The van der Waals surface area contributed by atoms with Gasteiger partial charge in [-0.25, -0.2) is 39.5 Å². The summed E-state index contributed by atoms with van der Waals surface area (Å²) in [4.78, 5) is 51.0. The number of benzene rings is 2. The molecule has 0 N–H and O–H groups in total. The number of aryl methyl sites for hydroxylation is 4. The maximum Gasteiger partial charge on any atom is 0.498 e. The first-order chi connectivity index (χ1) is 33.5. The van der Waals surface area contributed by atoms with Crippen molar-refractivity contribution in [1.82, 2.24) is 58.6 Å². The third-order valence-corrected chi connectivity index (χ3v) is 12.3. The number of nitrogens with zero attached hydrogens (tertiary/aromatic N) is 12. The second-order valence-corrected chi connectivity index (χ2v) is 18.7. The van der Waals surface area contributed by atoms with Crippen LogP contribution in [0.5, 0.6) is 0 Å². The van der Waals surface area contributed by atoms with E-state index in [1.807, 2.05) is 129 Å². The van der Waals surface area contributed by atoms with Crippen LogP contribution in [0.1, 0.15) is 50.2 Å². The van der Waals surface area contributed by atoms with Gasteiger partial charge in [0.25, 0.3) is 0 Å². The van der Waals surface area contributed by atoms with Crippen molar-refractivity contribution in [3.05, 3.63) is 170 Å². The van der Waals surface area contributed by atoms with E-state index in [0.29, 0.717) is 47.2 Å². The molecular formula is C50H48BBrN12O6. The molecule has 2 aromatic carbocycles. The lowest BCUT2D eigenvalue weighted by molar-refractivity contribution is 0.00578. The molecule has 20 heteroatoms. The van der Waals surface area contributed by atoms with Crippen LogP contribution in [0.3, 0.4) is 0 Å². The fourth-order valence-corrected chi connectivity index (χ4v) is 7.74. The van der Waals surface area contributed by atoms with Gasteiger partial charge in [0.2, 0.25) is 0 Å². The molecule has 1 fully saturated rings. The molecule has 0 spiro atoms. The van der Waals surface area contributed by atoms with Crippen LogP contribution in [-0.2, 0) is 36.5 Å². The summed E-state index contributed by atoms with van der Waals surface area (Å²) < 4.78 is 29.7. The molecule has 1 aliphatic rings. The van der Waals surface area contributed by atoms with Crippen molar-refractivity contribution in [3.8, 4) is 33.9 Å². The lowest BCUT2D eigenvalue weighted by Crippen LogP contribution is -2.41. The molecule has 11 rings (SSSR count). The van der Waals surface area contributed by atoms with Crippen molar-refractivity contribution in [1.29, 1.82) is 0 Å². The minimum absolute atomic E-state index is 0.284. The summed E-state index contributed by atoms with van der Waals surface area (Å²) in [5.74, 6) is 0.398. The number of hydrogen-bond acceptors (Lipinski definition) is 14. The molecule has 1 saturated heterocycles. The average molecular weight is 1000 g/mol. The normalized spacial score (nSPS) is 13.8. The Morgan fingerprint density at radius 2 is 1.04 bits per heavy atom. The molecular weight excluding hydrogens is 955 g/mol. The van der Waals surface area contributed by atoms with Crippen LogP contribution in [0.25, 0.3) is 56.4 Å². The molecule has 354 valence electrons. The third kappa shape index (κ3) is 10.3. The molecule has 1 aliphatic heterocycles. The fourth-order valence-electron chi connectivity index (χ4n) is 7.54. The predicted octanol–water partition coefficient (Wildman–Crippen LogP) is 7.49. The summed E-state index contributed by atoms with van der Waals surface area (Å²) in [6.45, 7) is 12.7. The van der Waals surface area contributed by atoms with Crippen LogP contribution in [-0.4, -0.2) is 76.9 Å². The van der Waals surface area contributed by atoms with Crippen molar-refractivity contribution in [3.63, 3.8) is 0 Å². The van der Waals surface area contributed by atoms with E-state index < -0.39 is 11.5 Å². The smallest absolute Gasteiger partial charge is 0.406 e. The summed E-state index contributed by atoms with van der Waals surface area (Å²) in [5, 5.41) is 8.29. The van der Waals surface area contributed by atoms with Gasteiger partial charge >= 0.3 is 18.6 Å². The summed E-state index contributed by atoms with van der Waals surface area (Å²) in [5.41, 5.74) is 9.62. The Labute approximate surface area is 410 Å². The Hall–Kier alpha value is -7.68. The van der Waals surface area contributed by atoms with Crippen molar-refractivity contribution in [2.24, 2.45) is 14.1 Å². The first-order valence-corrected chi connectivity index (χ1v) is 23.0. The topological polar surface area (TPSA) is 202 Å². The molecule has 0 bridgehead atoms. The number of pyridine rings is 2. The lowest BCUT2D eigenvalue weighted by atomic mass is 9.82. The first-order valence-electron chi connectivity index (χ1n) is 22.2. The van der Waals surface area contributed by atoms with Crippen LogP contribution < -0.4 is 17.0 Å². The summed E-state index contributed by atoms with van der Waals surface area (Å²) in [6.07, 6.45) is 14.4. The maximum atomic E-state index is 12.3. The van der Waals surface area contributed by atoms with E-state index in [0.717, 1.165) is 54.7 Å².